The van der Waals surface area contributed by atoms with E-state index in [2.05, 4.69) is 5.32 Å². The van der Waals surface area contributed by atoms with E-state index < -0.39 is 0 Å². The molecule has 0 aliphatic heterocycles. The van der Waals surface area contributed by atoms with E-state index in [0.717, 1.165) is 11.3 Å². The summed E-state index contributed by atoms with van der Waals surface area (Å²) in [7, 11) is 1.36. The Morgan fingerprint density at radius 3 is 2.00 bits per heavy atom. The molecule has 0 heterocycles. The number of ether oxygens (including phenoxy) is 1. The monoisotopic (exact) mass is 359 g/mol. The first kappa shape index (κ1) is 18.4. The zero-order valence-electron chi connectivity index (χ0n) is 15.1. The summed E-state index contributed by atoms with van der Waals surface area (Å²) in [5, 5.41) is 3.42. The van der Waals surface area contributed by atoms with Crippen molar-refractivity contribution in [2.75, 3.05) is 12.4 Å². The third-order valence-corrected chi connectivity index (χ3v) is 4.33. The zero-order chi connectivity index (χ0) is 19.1. The Bertz CT molecular complexity index is 890. The van der Waals surface area contributed by atoms with E-state index in [1.165, 1.54) is 7.11 Å². The topological polar surface area (TPSA) is 55.4 Å². The van der Waals surface area contributed by atoms with E-state index in [-0.39, 0.29) is 17.8 Å². The summed E-state index contributed by atoms with van der Waals surface area (Å²) in [4.78, 5) is 24.4. The van der Waals surface area contributed by atoms with Crippen molar-refractivity contribution >= 4 is 17.4 Å². The van der Waals surface area contributed by atoms with Crippen molar-refractivity contribution in [1.82, 2.24) is 0 Å². The average molecular weight is 359 g/mol. The van der Waals surface area contributed by atoms with Gasteiger partial charge in [-0.1, -0.05) is 60.7 Å². The van der Waals surface area contributed by atoms with Crippen LogP contribution in [-0.2, 0) is 4.74 Å². The molecule has 0 radical (unpaired) electrons. The molecule has 0 fully saturated rings. The summed E-state index contributed by atoms with van der Waals surface area (Å²) in [6.07, 6.45) is 0.302. The van der Waals surface area contributed by atoms with Crippen molar-refractivity contribution in [2.45, 2.75) is 12.5 Å². The van der Waals surface area contributed by atoms with Gasteiger partial charge in [0.2, 0.25) is 0 Å². The standard InChI is InChI=1S/C23H21NO3/c1-27-23(26)19-14-12-17(13-15-19)21(24-20-10-6-3-7-11-20)16-22(25)18-8-4-2-5-9-18/h2-15,21,24H,16H2,1H3/t21-/m1/s1. The molecule has 0 aliphatic carbocycles. The summed E-state index contributed by atoms with van der Waals surface area (Å²) in [6.45, 7) is 0. The minimum absolute atomic E-state index is 0.0566. The van der Waals surface area contributed by atoms with Crippen LogP contribution in [0.1, 0.15) is 38.7 Å². The average Bonchev–Trinajstić information content (AvgIpc) is 2.74. The number of nitrogens with one attached hydrogen (secondary N) is 1. The Balaban J connectivity index is 1.85. The Hall–Kier alpha value is -3.40. The van der Waals surface area contributed by atoms with Crippen LogP contribution < -0.4 is 5.32 Å². The highest BCUT2D eigenvalue weighted by atomic mass is 16.5. The fourth-order valence-electron chi connectivity index (χ4n) is 2.88. The lowest BCUT2D eigenvalue weighted by Gasteiger charge is -2.20. The second-order valence-corrected chi connectivity index (χ2v) is 6.17. The van der Waals surface area contributed by atoms with E-state index in [1.54, 1.807) is 12.1 Å². The lowest BCUT2D eigenvalue weighted by molar-refractivity contribution is 0.0600. The third kappa shape index (κ3) is 4.82. The van der Waals surface area contributed by atoms with Gasteiger partial charge in [0.1, 0.15) is 0 Å². The predicted molar refractivity (Wildman–Crippen MR) is 106 cm³/mol. The minimum Gasteiger partial charge on any atom is -0.465 e. The first-order chi connectivity index (χ1) is 13.2. The highest BCUT2D eigenvalue weighted by molar-refractivity contribution is 5.96. The molecule has 136 valence electrons. The van der Waals surface area contributed by atoms with Crippen LogP contribution in [0, 0.1) is 0 Å². The minimum atomic E-state index is -0.380. The van der Waals surface area contributed by atoms with Gasteiger partial charge in [-0.05, 0) is 29.8 Å². The molecular weight excluding hydrogens is 338 g/mol. The number of ketones is 1. The Labute approximate surface area is 158 Å². The molecule has 0 saturated heterocycles. The largest absolute Gasteiger partial charge is 0.465 e. The van der Waals surface area contributed by atoms with Crippen LogP contribution >= 0.6 is 0 Å². The Kier molecular flexibility index (Phi) is 6.00. The Morgan fingerprint density at radius 1 is 0.815 bits per heavy atom. The van der Waals surface area contributed by atoms with Gasteiger partial charge < -0.3 is 10.1 Å². The maximum atomic E-state index is 12.7. The molecule has 0 saturated carbocycles. The molecule has 0 bridgehead atoms. The van der Waals surface area contributed by atoms with Gasteiger partial charge in [-0.3, -0.25) is 4.79 Å². The van der Waals surface area contributed by atoms with Gasteiger partial charge in [0.05, 0.1) is 18.7 Å². The molecule has 0 aromatic heterocycles. The number of rotatable bonds is 7. The van der Waals surface area contributed by atoms with Crippen LogP contribution in [0.5, 0.6) is 0 Å². The third-order valence-electron chi connectivity index (χ3n) is 4.33. The van der Waals surface area contributed by atoms with E-state index >= 15 is 0 Å². The summed E-state index contributed by atoms with van der Waals surface area (Å²) in [5.41, 5.74) is 3.02. The quantitative estimate of drug-likeness (QED) is 0.481. The number of Topliss-reactive ketones (excluding diaryl/α,β-unsaturated/α-hetero) is 1. The van der Waals surface area contributed by atoms with Gasteiger partial charge in [-0.25, -0.2) is 4.79 Å². The lowest BCUT2D eigenvalue weighted by Crippen LogP contribution is -2.16. The van der Waals surface area contributed by atoms with Gasteiger partial charge >= 0.3 is 5.97 Å². The summed E-state index contributed by atoms with van der Waals surface area (Å²) in [6, 6.07) is 25.9. The number of methoxy groups -OCH3 is 1. The SMILES string of the molecule is COC(=O)c1ccc([C@@H](CC(=O)c2ccccc2)Nc2ccccc2)cc1. The van der Waals surface area contributed by atoms with Crippen molar-refractivity contribution < 1.29 is 14.3 Å². The van der Waals surface area contributed by atoms with Gasteiger partial charge in [0, 0.05) is 17.7 Å². The zero-order valence-corrected chi connectivity index (χ0v) is 15.1. The van der Waals surface area contributed by atoms with Crippen molar-refractivity contribution in [2.24, 2.45) is 0 Å². The number of benzene rings is 3. The molecule has 0 amide bonds. The second-order valence-electron chi connectivity index (χ2n) is 6.17. The molecule has 3 aromatic carbocycles. The number of carbonyl (C=O) groups is 2. The van der Waals surface area contributed by atoms with Gasteiger partial charge in [0.25, 0.3) is 0 Å². The maximum Gasteiger partial charge on any atom is 0.337 e. The van der Waals surface area contributed by atoms with Crippen molar-refractivity contribution in [1.29, 1.82) is 0 Å². The first-order valence-electron chi connectivity index (χ1n) is 8.75. The molecule has 27 heavy (non-hydrogen) atoms. The molecule has 4 nitrogen and oxygen atoms in total. The molecule has 3 rings (SSSR count). The highest BCUT2D eigenvalue weighted by Crippen LogP contribution is 2.25. The smallest absolute Gasteiger partial charge is 0.337 e. The van der Waals surface area contributed by atoms with Crippen molar-refractivity contribution in [3.8, 4) is 0 Å². The van der Waals surface area contributed by atoms with Crippen LogP contribution in [0.25, 0.3) is 0 Å². The van der Waals surface area contributed by atoms with Gasteiger partial charge in [-0.15, -0.1) is 0 Å². The van der Waals surface area contributed by atoms with E-state index in [4.69, 9.17) is 4.74 Å². The highest BCUT2D eigenvalue weighted by Gasteiger charge is 2.18. The van der Waals surface area contributed by atoms with Crippen LogP contribution in [0.3, 0.4) is 0 Å². The normalized spacial score (nSPS) is 11.4. The van der Waals surface area contributed by atoms with Crippen molar-refractivity contribution in [3.05, 3.63) is 102 Å². The molecule has 4 heteroatoms. The predicted octanol–water partition coefficient (Wildman–Crippen LogP) is 4.90. The molecule has 0 spiro atoms. The number of para-hydroxylation sites is 1. The number of carbonyl (C=O) groups excluding carboxylic acids is 2. The summed E-state index contributed by atoms with van der Waals surface area (Å²) >= 11 is 0. The van der Waals surface area contributed by atoms with Crippen molar-refractivity contribution in [3.63, 3.8) is 0 Å². The van der Waals surface area contributed by atoms with E-state index in [9.17, 15) is 9.59 Å². The molecule has 1 N–H and O–H groups in total. The van der Waals surface area contributed by atoms with Gasteiger partial charge in [-0.2, -0.15) is 0 Å². The number of anilines is 1. The van der Waals surface area contributed by atoms with Crippen LogP contribution in [0.4, 0.5) is 5.69 Å². The van der Waals surface area contributed by atoms with Crippen LogP contribution in [0.2, 0.25) is 0 Å². The van der Waals surface area contributed by atoms with Gasteiger partial charge in [0.15, 0.2) is 5.78 Å². The Morgan fingerprint density at radius 2 is 1.41 bits per heavy atom. The van der Waals surface area contributed by atoms with Crippen LogP contribution in [0.15, 0.2) is 84.9 Å². The number of hydrogen-bond donors (Lipinski definition) is 1. The fourth-order valence-corrected chi connectivity index (χ4v) is 2.88. The molecule has 0 aliphatic rings. The van der Waals surface area contributed by atoms with E-state index in [1.807, 2.05) is 72.8 Å². The molecule has 0 unspecified atom stereocenters. The molecule has 3 aromatic rings. The number of esters is 1. The first-order valence-corrected chi connectivity index (χ1v) is 8.75. The number of hydrogen-bond acceptors (Lipinski definition) is 4. The lowest BCUT2D eigenvalue weighted by atomic mass is 9.96. The summed E-state index contributed by atoms with van der Waals surface area (Å²) in [5.74, 6) is -0.324. The molecular formula is C23H21NO3. The second kappa shape index (κ2) is 8.81. The maximum absolute atomic E-state index is 12.7. The molecule has 1 atom stereocenters. The van der Waals surface area contributed by atoms with E-state index in [0.29, 0.717) is 17.5 Å². The summed E-state index contributed by atoms with van der Waals surface area (Å²) < 4.78 is 4.75. The fraction of sp³-hybridized carbons (Fsp3) is 0.130. The van der Waals surface area contributed by atoms with Crippen LogP contribution in [-0.4, -0.2) is 18.9 Å².